The molecule has 0 bridgehead atoms. The first-order valence-corrected chi connectivity index (χ1v) is 8.66. The smallest absolute Gasteiger partial charge is 0.269 e. The Kier molecular flexibility index (Phi) is 6.67. The minimum atomic E-state index is -0.514. The zero-order valence-corrected chi connectivity index (χ0v) is 17.0. The predicted molar refractivity (Wildman–Crippen MR) is 105 cm³/mol. The zero-order valence-electron chi connectivity index (χ0n) is 14.8. The van der Waals surface area contributed by atoms with Gasteiger partial charge in [-0.1, -0.05) is 6.07 Å². The first-order valence-electron chi connectivity index (χ1n) is 7.58. The van der Waals surface area contributed by atoms with E-state index in [0.29, 0.717) is 22.8 Å². The summed E-state index contributed by atoms with van der Waals surface area (Å²) in [5.41, 5.74) is 6.54. The Bertz CT molecular complexity index is 813. The molecule has 0 aliphatic carbocycles. The van der Waals surface area contributed by atoms with Crippen LogP contribution in [0.4, 0.5) is 0 Å². The quantitative estimate of drug-likeness (QED) is 0.519. The molecule has 7 nitrogen and oxygen atoms in total. The molecule has 26 heavy (non-hydrogen) atoms. The molecule has 2 N–H and O–H groups in total. The molecule has 0 radical (unpaired) electrons. The van der Waals surface area contributed by atoms with E-state index < -0.39 is 11.8 Å². The van der Waals surface area contributed by atoms with Gasteiger partial charge >= 0.3 is 0 Å². The molecule has 0 unspecified atom stereocenters. The molecule has 0 fully saturated rings. The number of hydrogen-bond donors (Lipinski definition) is 2. The average Bonchev–Trinajstić information content (AvgIpc) is 2.66. The molecule has 8 heteroatoms. The number of hydrogen-bond acceptors (Lipinski definition) is 5. The highest BCUT2D eigenvalue weighted by atomic mass is 127. The Morgan fingerprint density at radius 1 is 0.846 bits per heavy atom. The van der Waals surface area contributed by atoms with E-state index in [1.54, 1.807) is 12.1 Å². The number of carbonyl (C=O) groups is 2. The number of ether oxygens (including phenoxy) is 3. The maximum atomic E-state index is 12.4. The van der Waals surface area contributed by atoms with Crippen LogP contribution in [0.3, 0.4) is 0 Å². The second kappa shape index (κ2) is 8.75. The van der Waals surface area contributed by atoms with Gasteiger partial charge in [0, 0.05) is 14.7 Å². The molecule has 0 aliphatic heterocycles. The predicted octanol–water partition coefficient (Wildman–Crippen LogP) is 2.70. The molecule has 2 aromatic carbocycles. The third-order valence-electron chi connectivity index (χ3n) is 3.65. The number of aryl methyl sites for hydroxylation is 1. The molecule has 2 aromatic rings. The van der Waals surface area contributed by atoms with Crippen LogP contribution in [-0.2, 0) is 0 Å². The number of carbonyl (C=O) groups excluding carboxylic acids is 2. The Morgan fingerprint density at radius 3 is 1.85 bits per heavy atom. The summed E-state index contributed by atoms with van der Waals surface area (Å²) in [4.78, 5) is 24.6. The van der Waals surface area contributed by atoms with Gasteiger partial charge in [-0.2, -0.15) is 0 Å². The summed E-state index contributed by atoms with van der Waals surface area (Å²) >= 11 is 2.15. The lowest BCUT2D eigenvalue weighted by atomic mass is 10.1. The van der Waals surface area contributed by atoms with Crippen molar-refractivity contribution in [2.45, 2.75) is 6.92 Å². The molecule has 0 aliphatic rings. The average molecular weight is 470 g/mol. The molecule has 0 saturated carbocycles. The molecule has 2 rings (SSSR count). The van der Waals surface area contributed by atoms with Gasteiger partial charge in [-0.25, -0.2) is 0 Å². The molecule has 0 aromatic heterocycles. The maximum Gasteiger partial charge on any atom is 0.269 e. The van der Waals surface area contributed by atoms with Gasteiger partial charge in [0.15, 0.2) is 11.5 Å². The molecule has 0 saturated heterocycles. The Hall–Kier alpha value is -2.49. The number of nitrogens with one attached hydrogen (secondary N) is 2. The minimum absolute atomic E-state index is 0.248. The lowest BCUT2D eigenvalue weighted by molar-refractivity contribution is 0.0846. The molecular formula is C18H19IN2O5. The van der Waals surface area contributed by atoms with Crippen LogP contribution in [0, 0.1) is 10.5 Å². The van der Waals surface area contributed by atoms with Crippen molar-refractivity contribution in [3.8, 4) is 17.2 Å². The van der Waals surface area contributed by atoms with E-state index in [4.69, 9.17) is 14.2 Å². The summed E-state index contributed by atoms with van der Waals surface area (Å²) in [6, 6.07) is 8.28. The number of benzene rings is 2. The van der Waals surface area contributed by atoms with Crippen molar-refractivity contribution < 1.29 is 23.8 Å². The SMILES string of the molecule is COc1cc(C(=O)NNC(=O)c2ccc(C)c(I)c2)cc(OC)c1OC. The third-order valence-corrected chi connectivity index (χ3v) is 4.81. The molecule has 0 atom stereocenters. The largest absolute Gasteiger partial charge is 0.493 e. The van der Waals surface area contributed by atoms with E-state index in [0.717, 1.165) is 9.13 Å². The Morgan fingerprint density at radius 2 is 1.38 bits per heavy atom. The second-order valence-electron chi connectivity index (χ2n) is 5.29. The van der Waals surface area contributed by atoms with Crippen molar-refractivity contribution in [3.63, 3.8) is 0 Å². The maximum absolute atomic E-state index is 12.4. The summed E-state index contributed by atoms with van der Waals surface area (Å²) < 4.78 is 16.6. The highest BCUT2D eigenvalue weighted by molar-refractivity contribution is 14.1. The highest BCUT2D eigenvalue weighted by Crippen LogP contribution is 2.38. The van der Waals surface area contributed by atoms with E-state index in [9.17, 15) is 9.59 Å². The van der Waals surface area contributed by atoms with E-state index in [1.807, 2.05) is 13.0 Å². The van der Waals surface area contributed by atoms with Crippen molar-refractivity contribution in [1.82, 2.24) is 10.9 Å². The number of methoxy groups -OCH3 is 3. The fraction of sp³-hybridized carbons (Fsp3) is 0.222. The van der Waals surface area contributed by atoms with Crippen LogP contribution in [-0.4, -0.2) is 33.1 Å². The van der Waals surface area contributed by atoms with Crippen LogP contribution in [0.15, 0.2) is 30.3 Å². The van der Waals surface area contributed by atoms with Crippen LogP contribution in [0.1, 0.15) is 26.3 Å². The van der Waals surface area contributed by atoms with Crippen LogP contribution < -0.4 is 25.1 Å². The van der Waals surface area contributed by atoms with Gasteiger partial charge in [0.25, 0.3) is 11.8 Å². The fourth-order valence-corrected chi connectivity index (χ4v) is 2.72. The van der Waals surface area contributed by atoms with E-state index >= 15 is 0 Å². The summed E-state index contributed by atoms with van der Waals surface area (Å²) in [6.45, 7) is 1.95. The van der Waals surface area contributed by atoms with E-state index in [2.05, 4.69) is 33.4 Å². The van der Waals surface area contributed by atoms with Gasteiger partial charge in [0.2, 0.25) is 5.75 Å². The Balaban J connectivity index is 2.14. The topological polar surface area (TPSA) is 85.9 Å². The summed E-state index contributed by atoms with van der Waals surface area (Å²) in [5.74, 6) is 0.140. The molecule has 0 heterocycles. The van der Waals surface area contributed by atoms with Crippen molar-refractivity contribution >= 4 is 34.4 Å². The van der Waals surface area contributed by atoms with Crippen molar-refractivity contribution in [1.29, 1.82) is 0 Å². The molecule has 2 amide bonds. The van der Waals surface area contributed by atoms with Gasteiger partial charge in [-0.05, 0) is 59.3 Å². The van der Waals surface area contributed by atoms with Crippen LogP contribution in [0.5, 0.6) is 17.2 Å². The van der Waals surface area contributed by atoms with Gasteiger partial charge in [0.1, 0.15) is 0 Å². The van der Waals surface area contributed by atoms with Crippen molar-refractivity contribution in [2.24, 2.45) is 0 Å². The monoisotopic (exact) mass is 470 g/mol. The lowest BCUT2D eigenvalue weighted by Crippen LogP contribution is -2.41. The molecule has 0 spiro atoms. The first-order chi connectivity index (χ1) is 12.4. The second-order valence-corrected chi connectivity index (χ2v) is 6.45. The van der Waals surface area contributed by atoms with E-state index in [1.165, 1.54) is 33.5 Å². The number of hydrazine groups is 1. The fourth-order valence-electron chi connectivity index (χ4n) is 2.20. The third kappa shape index (κ3) is 4.37. The lowest BCUT2D eigenvalue weighted by Gasteiger charge is -2.14. The van der Waals surface area contributed by atoms with E-state index in [-0.39, 0.29) is 5.56 Å². The summed E-state index contributed by atoms with van der Waals surface area (Å²) in [5, 5.41) is 0. The first kappa shape index (κ1) is 19.8. The zero-order chi connectivity index (χ0) is 19.3. The Labute approximate surface area is 165 Å². The normalized spacial score (nSPS) is 10.0. The van der Waals surface area contributed by atoms with Crippen LogP contribution in [0.25, 0.3) is 0 Å². The summed E-state index contributed by atoms with van der Waals surface area (Å²) in [6.07, 6.45) is 0. The van der Waals surface area contributed by atoms with Gasteiger partial charge in [0.05, 0.1) is 21.3 Å². The van der Waals surface area contributed by atoms with Gasteiger partial charge in [-0.15, -0.1) is 0 Å². The van der Waals surface area contributed by atoms with Crippen molar-refractivity contribution in [3.05, 3.63) is 50.6 Å². The van der Waals surface area contributed by atoms with Crippen molar-refractivity contribution in [2.75, 3.05) is 21.3 Å². The molecule has 138 valence electrons. The van der Waals surface area contributed by atoms with Crippen LogP contribution >= 0.6 is 22.6 Å². The number of rotatable bonds is 5. The number of amides is 2. The number of halogens is 1. The standard InChI is InChI=1S/C18H19IN2O5/c1-10-5-6-11(7-13(10)19)17(22)20-21-18(23)12-8-14(24-2)16(26-4)15(9-12)25-3/h5-9H,1-4H3,(H,20,22)(H,21,23). The van der Waals surface area contributed by atoms with Gasteiger partial charge in [-0.3, -0.25) is 20.4 Å². The van der Waals surface area contributed by atoms with Gasteiger partial charge < -0.3 is 14.2 Å². The minimum Gasteiger partial charge on any atom is -0.493 e. The highest BCUT2D eigenvalue weighted by Gasteiger charge is 2.17. The molecular weight excluding hydrogens is 451 g/mol. The van der Waals surface area contributed by atoms with Crippen LogP contribution in [0.2, 0.25) is 0 Å². The summed E-state index contributed by atoms with van der Waals surface area (Å²) in [7, 11) is 4.39.